The number of ether oxygens (including phenoxy) is 4. The molecule has 33 heavy (non-hydrogen) atoms. The van der Waals surface area contributed by atoms with Crippen LogP contribution in [-0.2, 0) is 0 Å². The van der Waals surface area contributed by atoms with Gasteiger partial charge in [-0.15, -0.1) is 0 Å². The number of hydrazone groups is 1. The average molecular weight is 452 g/mol. The molecule has 4 rings (SSSR count). The number of phenols is 1. The van der Waals surface area contributed by atoms with Gasteiger partial charge in [0.05, 0.1) is 45.9 Å². The van der Waals surface area contributed by atoms with Gasteiger partial charge in [0, 0.05) is 12.0 Å². The van der Waals surface area contributed by atoms with E-state index in [-0.39, 0.29) is 17.6 Å². The van der Waals surface area contributed by atoms with Gasteiger partial charge < -0.3 is 24.1 Å². The van der Waals surface area contributed by atoms with Gasteiger partial charge in [-0.25, -0.2) is 4.39 Å². The number of hydrogen-bond acceptors (Lipinski definition) is 7. The zero-order valence-electron chi connectivity index (χ0n) is 18.8. The van der Waals surface area contributed by atoms with E-state index in [1.807, 2.05) is 23.2 Å². The summed E-state index contributed by atoms with van der Waals surface area (Å²) in [5, 5.41) is 17.0. The smallest absolute Gasteiger partial charge is 0.203 e. The summed E-state index contributed by atoms with van der Waals surface area (Å²) in [4.78, 5) is 0. The van der Waals surface area contributed by atoms with Crippen molar-refractivity contribution in [1.29, 1.82) is 0 Å². The van der Waals surface area contributed by atoms with Crippen LogP contribution in [0.5, 0.6) is 28.7 Å². The number of halogens is 1. The number of methoxy groups -OCH3 is 4. The van der Waals surface area contributed by atoms with Gasteiger partial charge in [0.1, 0.15) is 5.82 Å². The molecule has 1 heterocycles. The van der Waals surface area contributed by atoms with Gasteiger partial charge in [-0.1, -0.05) is 6.07 Å². The van der Waals surface area contributed by atoms with Crippen molar-refractivity contribution in [2.45, 2.75) is 12.5 Å². The van der Waals surface area contributed by atoms with Crippen LogP contribution in [0.1, 0.15) is 23.6 Å². The standard InChI is InChI=1S/C25H25FN2O5/c1-30-22-10-5-15(11-21(22)29)20-14-19(27-28(20)18-8-6-17(26)7-9-18)16-12-23(31-2)25(33-4)24(13-16)32-3/h5-13,20,29H,14H2,1-4H3. The lowest BCUT2D eigenvalue weighted by atomic mass is 9.97. The Hall–Kier alpha value is -3.94. The maximum atomic E-state index is 13.6. The van der Waals surface area contributed by atoms with Gasteiger partial charge in [0.25, 0.3) is 0 Å². The van der Waals surface area contributed by atoms with Crippen LogP contribution in [0.2, 0.25) is 0 Å². The van der Waals surface area contributed by atoms with E-state index >= 15 is 0 Å². The number of anilines is 1. The predicted octanol–water partition coefficient (Wildman–Crippen LogP) is 4.92. The summed E-state index contributed by atoms with van der Waals surface area (Å²) in [6, 6.07) is 14.8. The second-order valence-electron chi connectivity index (χ2n) is 7.43. The van der Waals surface area contributed by atoms with Gasteiger partial charge in [-0.05, 0) is 54.1 Å². The van der Waals surface area contributed by atoms with Crippen LogP contribution < -0.4 is 24.0 Å². The van der Waals surface area contributed by atoms with Crippen molar-refractivity contribution < 1.29 is 28.4 Å². The predicted molar refractivity (Wildman–Crippen MR) is 124 cm³/mol. The molecule has 8 heteroatoms. The lowest BCUT2D eigenvalue weighted by molar-refractivity contribution is 0.324. The number of nitrogens with zero attached hydrogens (tertiary/aromatic N) is 2. The molecule has 0 saturated heterocycles. The molecule has 0 aromatic heterocycles. The van der Waals surface area contributed by atoms with Crippen molar-refractivity contribution in [3.8, 4) is 28.7 Å². The Morgan fingerprint density at radius 2 is 1.48 bits per heavy atom. The minimum Gasteiger partial charge on any atom is -0.504 e. The zero-order valence-corrected chi connectivity index (χ0v) is 18.8. The molecule has 0 amide bonds. The third-order valence-corrected chi connectivity index (χ3v) is 5.59. The van der Waals surface area contributed by atoms with Crippen molar-refractivity contribution in [3.05, 3.63) is 71.5 Å². The van der Waals surface area contributed by atoms with Crippen molar-refractivity contribution in [3.63, 3.8) is 0 Å². The zero-order chi connectivity index (χ0) is 23.5. The Bertz CT molecular complexity index is 1150. The monoisotopic (exact) mass is 452 g/mol. The fourth-order valence-electron chi connectivity index (χ4n) is 3.94. The minimum atomic E-state index is -0.328. The van der Waals surface area contributed by atoms with E-state index in [1.54, 1.807) is 45.6 Å². The molecule has 0 radical (unpaired) electrons. The summed E-state index contributed by atoms with van der Waals surface area (Å²) in [5.41, 5.74) is 3.14. The molecule has 0 bridgehead atoms. The first kappa shape index (κ1) is 22.3. The van der Waals surface area contributed by atoms with Crippen molar-refractivity contribution in [1.82, 2.24) is 0 Å². The van der Waals surface area contributed by atoms with Crippen molar-refractivity contribution in [2.75, 3.05) is 33.4 Å². The minimum absolute atomic E-state index is 0.0373. The normalized spacial score (nSPS) is 15.2. The van der Waals surface area contributed by atoms with Crippen molar-refractivity contribution in [2.24, 2.45) is 5.10 Å². The number of rotatable bonds is 7. The highest BCUT2D eigenvalue weighted by molar-refractivity contribution is 6.04. The van der Waals surface area contributed by atoms with E-state index in [0.717, 1.165) is 22.5 Å². The Labute approximate surface area is 191 Å². The van der Waals surface area contributed by atoms with Crippen LogP contribution in [0.3, 0.4) is 0 Å². The van der Waals surface area contributed by atoms with E-state index < -0.39 is 0 Å². The SMILES string of the molecule is COc1ccc(C2CC(c3cc(OC)c(OC)c(OC)c3)=NN2c2ccc(F)cc2)cc1O. The van der Waals surface area contributed by atoms with E-state index in [9.17, 15) is 9.50 Å². The first-order chi connectivity index (χ1) is 16.0. The highest BCUT2D eigenvalue weighted by Crippen LogP contribution is 2.43. The van der Waals surface area contributed by atoms with Crippen LogP contribution in [-0.4, -0.2) is 39.3 Å². The molecule has 0 spiro atoms. The molecule has 1 aliphatic heterocycles. The molecular formula is C25H25FN2O5. The average Bonchev–Trinajstić information content (AvgIpc) is 3.29. The molecule has 0 aliphatic carbocycles. The van der Waals surface area contributed by atoms with Crippen LogP contribution in [0.25, 0.3) is 0 Å². The molecule has 3 aromatic rings. The molecule has 1 atom stereocenters. The largest absolute Gasteiger partial charge is 0.504 e. The molecular weight excluding hydrogens is 427 g/mol. The fourth-order valence-corrected chi connectivity index (χ4v) is 3.94. The number of hydrogen-bond donors (Lipinski definition) is 1. The molecule has 7 nitrogen and oxygen atoms in total. The van der Waals surface area contributed by atoms with Gasteiger partial charge in [0.15, 0.2) is 23.0 Å². The van der Waals surface area contributed by atoms with E-state index in [2.05, 4.69) is 0 Å². The second-order valence-corrected chi connectivity index (χ2v) is 7.43. The molecule has 0 saturated carbocycles. The molecule has 0 fully saturated rings. The number of phenolic OH excluding ortho intramolecular Hbond substituents is 1. The van der Waals surface area contributed by atoms with Crippen LogP contribution >= 0.6 is 0 Å². The highest BCUT2D eigenvalue weighted by atomic mass is 19.1. The van der Waals surface area contributed by atoms with Crippen LogP contribution in [0, 0.1) is 5.82 Å². The summed E-state index contributed by atoms with van der Waals surface area (Å²) in [7, 11) is 6.17. The highest BCUT2D eigenvalue weighted by Gasteiger charge is 2.31. The van der Waals surface area contributed by atoms with Gasteiger partial charge in [-0.2, -0.15) is 5.10 Å². The Balaban J connectivity index is 1.80. The summed E-state index contributed by atoms with van der Waals surface area (Å²) in [6.07, 6.45) is 0.530. The van der Waals surface area contributed by atoms with Crippen molar-refractivity contribution >= 4 is 11.4 Å². The first-order valence-corrected chi connectivity index (χ1v) is 10.3. The number of aromatic hydroxyl groups is 1. The summed E-state index contributed by atoms with van der Waals surface area (Å²) < 4.78 is 35.2. The summed E-state index contributed by atoms with van der Waals surface area (Å²) >= 11 is 0. The molecule has 1 unspecified atom stereocenters. The second kappa shape index (κ2) is 9.28. The van der Waals surface area contributed by atoms with Crippen LogP contribution in [0.4, 0.5) is 10.1 Å². The molecule has 1 N–H and O–H groups in total. The molecule has 1 aliphatic rings. The Morgan fingerprint density at radius 1 is 0.848 bits per heavy atom. The van der Waals surface area contributed by atoms with Gasteiger partial charge in [0.2, 0.25) is 5.75 Å². The molecule has 3 aromatic carbocycles. The van der Waals surface area contributed by atoms with Crippen LogP contribution in [0.15, 0.2) is 59.7 Å². The third-order valence-electron chi connectivity index (χ3n) is 5.59. The maximum absolute atomic E-state index is 13.6. The molecule has 172 valence electrons. The third kappa shape index (κ3) is 4.24. The van der Waals surface area contributed by atoms with E-state index in [4.69, 9.17) is 24.0 Å². The quantitative estimate of drug-likeness (QED) is 0.549. The first-order valence-electron chi connectivity index (χ1n) is 10.3. The Kier molecular flexibility index (Phi) is 6.26. The maximum Gasteiger partial charge on any atom is 0.203 e. The van der Waals surface area contributed by atoms with E-state index in [0.29, 0.717) is 29.4 Å². The Morgan fingerprint density at radius 3 is 2.03 bits per heavy atom. The van der Waals surface area contributed by atoms with E-state index in [1.165, 1.54) is 19.2 Å². The fraction of sp³-hybridized carbons (Fsp3) is 0.240. The lowest BCUT2D eigenvalue weighted by Gasteiger charge is -2.24. The van der Waals surface area contributed by atoms with Gasteiger partial charge >= 0.3 is 0 Å². The topological polar surface area (TPSA) is 72.8 Å². The summed E-state index contributed by atoms with van der Waals surface area (Å²) in [6.45, 7) is 0. The summed E-state index contributed by atoms with van der Waals surface area (Å²) in [5.74, 6) is 1.63. The lowest BCUT2D eigenvalue weighted by Crippen LogP contribution is -2.18. The number of benzene rings is 3. The van der Waals surface area contributed by atoms with Gasteiger partial charge in [-0.3, -0.25) is 5.01 Å².